The molecule has 0 aromatic heterocycles. The Morgan fingerprint density at radius 3 is 2.61 bits per heavy atom. The minimum atomic E-state index is 0.571. The fourth-order valence-electron chi connectivity index (χ4n) is 4.24. The SMILES string of the molecule is CCN(NN)C1C2CCC(C2)C1c1ccccc1. The molecule has 0 spiro atoms. The Morgan fingerprint density at radius 2 is 1.94 bits per heavy atom. The van der Waals surface area contributed by atoms with Crippen molar-refractivity contribution < 1.29 is 0 Å². The van der Waals surface area contributed by atoms with E-state index in [0.717, 1.165) is 18.4 Å². The average molecular weight is 245 g/mol. The number of hydrogen-bond acceptors (Lipinski definition) is 3. The zero-order valence-electron chi connectivity index (χ0n) is 11.0. The highest BCUT2D eigenvalue weighted by molar-refractivity contribution is 5.26. The summed E-state index contributed by atoms with van der Waals surface area (Å²) in [5.41, 5.74) is 4.40. The van der Waals surface area contributed by atoms with Crippen molar-refractivity contribution in [3.8, 4) is 0 Å². The molecule has 1 aromatic carbocycles. The number of rotatable bonds is 4. The maximum absolute atomic E-state index is 5.71. The van der Waals surface area contributed by atoms with Crippen molar-refractivity contribution in [3.63, 3.8) is 0 Å². The summed E-state index contributed by atoms with van der Waals surface area (Å²) in [4.78, 5) is 0. The van der Waals surface area contributed by atoms with Crippen LogP contribution in [0.1, 0.15) is 37.7 Å². The maximum Gasteiger partial charge on any atom is 0.0356 e. The molecule has 98 valence electrons. The topological polar surface area (TPSA) is 41.3 Å². The molecule has 0 heterocycles. The third-order valence-corrected chi connectivity index (χ3v) is 4.92. The summed E-state index contributed by atoms with van der Waals surface area (Å²) >= 11 is 0. The van der Waals surface area contributed by atoms with Crippen LogP contribution in [0.5, 0.6) is 0 Å². The van der Waals surface area contributed by atoms with Crippen LogP contribution in [0.2, 0.25) is 0 Å². The van der Waals surface area contributed by atoms with Crippen LogP contribution in [-0.2, 0) is 0 Å². The quantitative estimate of drug-likeness (QED) is 0.631. The van der Waals surface area contributed by atoms with E-state index in [2.05, 4.69) is 47.8 Å². The number of nitrogens with one attached hydrogen (secondary N) is 1. The van der Waals surface area contributed by atoms with Gasteiger partial charge in [0, 0.05) is 18.5 Å². The smallest absolute Gasteiger partial charge is 0.0356 e. The van der Waals surface area contributed by atoms with Crippen molar-refractivity contribution in [3.05, 3.63) is 35.9 Å². The van der Waals surface area contributed by atoms with Gasteiger partial charge >= 0.3 is 0 Å². The molecule has 3 N–H and O–H groups in total. The Balaban J connectivity index is 1.91. The first-order valence-corrected chi connectivity index (χ1v) is 7.13. The van der Waals surface area contributed by atoms with Crippen molar-refractivity contribution in [2.45, 2.75) is 38.1 Å². The van der Waals surface area contributed by atoms with E-state index in [1.807, 2.05) is 0 Å². The van der Waals surface area contributed by atoms with Gasteiger partial charge in [-0.15, -0.1) is 0 Å². The van der Waals surface area contributed by atoms with Gasteiger partial charge in [-0.05, 0) is 36.7 Å². The molecule has 1 aromatic rings. The largest absolute Gasteiger partial charge is 0.258 e. The van der Waals surface area contributed by atoms with Crippen LogP contribution in [0.25, 0.3) is 0 Å². The van der Waals surface area contributed by atoms with Crippen LogP contribution in [0, 0.1) is 11.8 Å². The van der Waals surface area contributed by atoms with Crippen LogP contribution < -0.4 is 11.4 Å². The highest BCUT2D eigenvalue weighted by Crippen LogP contribution is 2.54. The lowest BCUT2D eigenvalue weighted by molar-refractivity contribution is 0.0761. The van der Waals surface area contributed by atoms with Gasteiger partial charge < -0.3 is 0 Å². The molecule has 4 unspecified atom stereocenters. The molecule has 2 saturated carbocycles. The molecular weight excluding hydrogens is 222 g/mol. The van der Waals surface area contributed by atoms with Crippen molar-refractivity contribution in [2.75, 3.05) is 6.54 Å². The Labute approximate surface area is 109 Å². The van der Waals surface area contributed by atoms with Crippen molar-refractivity contribution in [1.29, 1.82) is 0 Å². The number of fused-ring (bicyclic) bond motifs is 2. The second kappa shape index (κ2) is 5.00. The number of hydrazine groups is 2. The van der Waals surface area contributed by atoms with Gasteiger partial charge in [0.25, 0.3) is 0 Å². The molecular formula is C15H23N3. The molecule has 18 heavy (non-hydrogen) atoms. The molecule has 2 fully saturated rings. The lowest BCUT2D eigenvalue weighted by Crippen LogP contribution is -2.53. The molecule has 4 atom stereocenters. The minimum absolute atomic E-state index is 0.571. The van der Waals surface area contributed by atoms with Gasteiger partial charge in [0.2, 0.25) is 0 Å². The van der Waals surface area contributed by atoms with E-state index in [1.54, 1.807) is 0 Å². The van der Waals surface area contributed by atoms with Gasteiger partial charge in [-0.1, -0.05) is 37.3 Å². The lowest BCUT2D eigenvalue weighted by Gasteiger charge is -2.38. The van der Waals surface area contributed by atoms with Crippen LogP contribution in [-0.4, -0.2) is 17.6 Å². The molecule has 0 saturated heterocycles. The summed E-state index contributed by atoms with van der Waals surface area (Å²) in [7, 11) is 0. The summed E-state index contributed by atoms with van der Waals surface area (Å²) < 4.78 is 0. The number of likely N-dealkylation sites (N-methyl/N-ethyl adjacent to an activating group) is 1. The maximum atomic E-state index is 5.71. The highest BCUT2D eigenvalue weighted by atomic mass is 15.6. The summed E-state index contributed by atoms with van der Waals surface area (Å²) in [6.45, 7) is 3.14. The van der Waals surface area contributed by atoms with E-state index in [-0.39, 0.29) is 0 Å². The van der Waals surface area contributed by atoms with E-state index < -0.39 is 0 Å². The molecule has 2 bridgehead atoms. The van der Waals surface area contributed by atoms with Crippen molar-refractivity contribution in [2.24, 2.45) is 17.7 Å². The van der Waals surface area contributed by atoms with Crippen LogP contribution in [0.15, 0.2) is 30.3 Å². The summed E-state index contributed by atoms with van der Waals surface area (Å²) in [5.74, 6) is 8.03. The number of nitrogens with two attached hydrogens (primary N) is 1. The van der Waals surface area contributed by atoms with Crippen LogP contribution >= 0.6 is 0 Å². The summed E-state index contributed by atoms with van der Waals surface area (Å²) in [6, 6.07) is 11.5. The number of nitrogens with zero attached hydrogens (tertiary/aromatic N) is 1. The molecule has 3 nitrogen and oxygen atoms in total. The zero-order valence-corrected chi connectivity index (χ0v) is 11.0. The third kappa shape index (κ3) is 1.87. The van der Waals surface area contributed by atoms with Gasteiger partial charge in [0.1, 0.15) is 0 Å². The van der Waals surface area contributed by atoms with E-state index in [4.69, 9.17) is 5.84 Å². The number of benzene rings is 1. The third-order valence-electron chi connectivity index (χ3n) is 4.92. The molecule has 2 aliphatic rings. The fraction of sp³-hybridized carbons (Fsp3) is 0.600. The summed E-state index contributed by atoms with van der Waals surface area (Å²) in [6.07, 6.45) is 4.14. The van der Waals surface area contributed by atoms with Crippen molar-refractivity contribution in [1.82, 2.24) is 10.5 Å². The molecule has 3 rings (SSSR count). The highest BCUT2D eigenvalue weighted by Gasteiger charge is 2.50. The summed E-state index contributed by atoms with van der Waals surface area (Å²) in [5, 5.41) is 2.24. The van der Waals surface area contributed by atoms with Crippen LogP contribution in [0.4, 0.5) is 0 Å². The zero-order chi connectivity index (χ0) is 12.5. The minimum Gasteiger partial charge on any atom is -0.258 e. The van der Waals surface area contributed by atoms with E-state index in [1.165, 1.54) is 24.8 Å². The van der Waals surface area contributed by atoms with Gasteiger partial charge in [-0.2, -0.15) is 5.53 Å². The second-order valence-electron chi connectivity index (χ2n) is 5.68. The molecule has 0 aliphatic heterocycles. The van der Waals surface area contributed by atoms with E-state index >= 15 is 0 Å². The Bertz CT molecular complexity index is 388. The van der Waals surface area contributed by atoms with Crippen molar-refractivity contribution >= 4 is 0 Å². The normalized spacial score (nSPS) is 34.4. The molecule has 0 amide bonds. The van der Waals surface area contributed by atoms with Gasteiger partial charge in [-0.25, -0.2) is 5.01 Å². The Morgan fingerprint density at radius 1 is 1.22 bits per heavy atom. The lowest BCUT2D eigenvalue weighted by atomic mass is 9.79. The van der Waals surface area contributed by atoms with E-state index in [9.17, 15) is 0 Å². The average Bonchev–Trinajstić information content (AvgIpc) is 3.02. The first-order valence-electron chi connectivity index (χ1n) is 7.13. The predicted molar refractivity (Wildman–Crippen MR) is 73.5 cm³/mol. The van der Waals surface area contributed by atoms with Gasteiger partial charge in [0.15, 0.2) is 0 Å². The monoisotopic (exact) mass is 245 g/mol. The fourth-order valence-corrected chi connectivity index (χ4v) is 4.24. The second-order valence-corrected chi connectivity index (χ2v) is 5.68. The Kier molecular flexibility index (Phi) is 3.37. The first-order chi connectivity index (χ1) is 8.85. The Hall–Kier alpha value is -0.900. The number of hydrogen-bond donors (Lipinski definition) is 2. The molecule has 3 heteroatoms. The molecule has 0 radical (unpaired) electrons. The van der Waals surface area contributed by atoms with Gasteiger partial charge in [-0.3, -0.25) is 5.84 Å². The molecule has 2 aliphatic carbocycles. The van der Waals surface area contributed by atoms with Gasteiger partial charge in [0.05, 0.1) is 0 Å². The standard InChI is InChI=1S/C15H23N3/c1-2-18(17-16)15-13-9-8-12(10-13)14(15)11-6-4-3-5-7-11/h3-7,12-15,17H,2,8-10,16H2,1H3. The predicted octanol–water partition coefficient (Wildman–Crippen LogP) is 2.27. The van der Waals surface area contributed by atoms with E-state index in [0.29, 0.717) is 12.0 Å². The first kappa shape index (κ1) is 12.2. The van der Waals surface area contributed by atoms with Crippen LogP contribution in [0.3, 0.4) is 0 Å².